The number of hydrazine groups is 1. The Labute approximate surface area is 195 Å². The predicted molar refractivity (Wildman–Crippen MR) is 127 cm³/mol. The average molecular weight is 473 g/mol. The minimum Gasteiger partial charge on any atom is -0.508 e. The highest BCUT2D eigenvalue weighted by molar-refractivity contribution is 7.89. The number of benzene rings is 2. The lowest BCUT2D eigenvalue weighted by Gasteiger charge is -2.34. The van der Waals surface area contributed by atoms with Crippen LogP contribution in [0.3, 0.4) is 0 Å². The number of amides is 1. The van der Waals surface area contributed by atoms with E-state index in [1.807, 2.05) is 26.0 Å². The molecule has 0 aliphatic carbocycles. The van der Waals surface area contributed by atoms with Gasteiger partial charge in [0.2, 0.25) is 15.9 Å². The number of hydrogen-bond donors (Lipinski definition) is 4. The minimum absolute atomic E-state index is 0.0463. The topological polar surface area (TPSA) is 111 Å². The van der Waals surface area contributed by atoms with Crippen molar-refractivity contribution < 1.29 is 18.3 Å². The van der Waals surface area contributed by atoms with Crippen molar-refractivity contribution in [3.8, 4) is 5.75 Å². The summed E-state index contributed by atoms with van der Waals surface area (Å²) in [5.74, 6) is -0.0274. The van der Waals surface area contributed by atoms with Crippen molar-refractivity contribution in [2.75, 3.05) is 11.9 Å². The Bertz CT molecular complexity index is 1100. The Morgan fingerprint density at radius 1 is 1.15 bits per heavy atom. The van der Waals surface area contributed by atoms with Crippen LogP contribution in [0.4, 0.5) is 5.69 Å². The van der Waals surface area contributed by atoms with Gasteiger partial charge < -0.3 is 10.4 Å². The fraction of sp³-hybridized carbons (Fsp3) is 0.458. The number of phenolic OH excluding ortho intramolecular Hbond substituents is 1. The molecule has 33 heavy (non-hydrogen) atoms. The number of piperidine rings is 1. The molecule has 9 heteroatoms. The maximum Gasteiger partial charge on any atom is 0.243 e. The molecule has 2 aliphatic rings. The largest absolute Gasteiger partial charge is 0.508 e. The Morgan fingerprint density at radius 3 is 2.61 bits per heavy atom. The Morgan fingerprint density at radius 2 is 1.91 bits per heavy atom. The third-order valence-electron chi connectivity index (χ3n) is 6.55. The van der Waals surface area contributed by atoms with Crippen LogP contribution in [0.15, 0.2) is 47.4 Å². The third-order valence-corrected chi connectivity index (χ3v) is 8.52. The molecule has 4 rings (SSSR count). The molecule has 2 aromatic rings. The smallest absolute Gasteiger partial charge is 0.243 e. The van der Waals surface area contributed by atoms with E-state index in [0.29, 0.717) is 18.7 Å². The van der Waals surface area contributed by atoms with Crippen molar-refractivity contribution in [3.63, 3.8) is 0 Å². The molecule has 4 N–H and O–H groups in total. The van der Waals surface area contributed by atoms with Crippen LogP contribution < -0.4 is 16.2 Å². The van der Waals surface area contributed by atoms with Crippen LogP contribution in [-0.2, 0) is 14.8 Å². The molecule has 2 aliphatic heterocycles. The SMILES string of the molecule is CCC1CCCCN1S(=O)(=O)c1ccc(NC(=O)C2CC(c3ccc(C)cc3O)NN2)cc1. The van der Waals surface area contributed by atoms with Gasteiger partial charge in [-0.2, -0.15) is 4.31 Å². The van der Waals surface area contributed by atoms with Crippen LogP contribution in [0.5, 0.6) is 5.75 Å². The molecule has 8 nitrogen and oxygen atoms in total. The number of rotatable bonds is 6. The summed E-state index contributed by atoms with van der Waals surface area (Å²) in [6, 6.07) is 11.2. The van der Waals surface area contributed by atoms with Gasteiger partial charge in [0.15, 0.2) is 0 Å². The first-order chi connectivity index (χ1) is 15.8. The molecular weight excluding hydrogens is 440 g/mol. The van der Waals surface area contributed by atoms with E-state index in [0.717, 1.165) is 36.8 Å². The molecule has 3 atom stereocenters. The fourth-order valence-corrected chi connectivity index (χ4v) is 6.42. The highest BCUT2D eigenvalue weighted by Crippen LogP contribution is 2.31. The van der Waals surface area contributed by atoms with Crippen LogP contribution in [0, 0.1) is 6.92 Å². The van der Waals surface area contributed by atoms with Crippen LogP contribution in [-0.4, -0.2) is 42.4 Å². The number of sulfonamides is 1. The monoisotopic (exact) mass is 472 g/mol. The molecule has 0 saturated carbocycles. The highest BCUT2D eigenvalue weighted by Gasteiger charge is 2.33. The molecule has 1 amide bonds. The van der Waals surface area contributed by atoms with Crippen LogP contribution in [0.2, 0.25) is 0 Å². The van der Waals surface area contributed by atoms with Crippen LogP contribution in [0.1, 0.15) is 56.2 Å². The van der Waals surface area contributed by atoms with E-state index in [2.05, 4.69) is 16.2 Å². The number of nitrogens with one attached hydrogen (secondary N) is 3. The Balaban J connectivity index is 1.39. The van der Waals surface area contributed by atoms with Gasteiger partial charge in [-0.25, -0.2) is 19.3 Å². The first-order valence-electron chi connectivity index (χ1n) is 11.5. The predicted octanol–water partition coefficient (Wildman–Crippen LogP) is 3.20. The van der Waals surface area contributed by atoms with Gasteiger partial charge in [-0.05, 0) is 68.5 Å². The summed E-state index contributed by atoms with van der Waals surface area (Å²) in [4.78, 5) is 13.0. The van der Waals surface area contributed by atoms with E-state index in [9.17, 15) is 18.3 Å². The zero-order valence-electron chi connectivity index (χ0n) is 19.0. The number of carbonyl (C=O) groups is 1. The molecule has 3 unspecified atom stereocenters. The van der Waals surface area contributed by atoms with E-state index < -0.39 is 16.1 Å². The van der Waals surface area contributed by atoms with E-state index in [1.165, 1.54) is 0 Å². The molecule has 0 bridgehead atoms. The van der Waals surface area contributed by atoms with Gasteiger partial charge in [0, 0.05) is 23.8 Å². The molecular formula is C24H32N4O4S. The van der Waals surface area contributed by atoms with Crippen molar-refractivity contribution in [1.29, 1.82) is 0 Å². The molecule has 2 fully saturated rings. The first-order valence-corrected chi connectivity index (χ1v) is 13.0. The minimum atomic E-state index is -3.55. The van der Waals surface area contributed by atoms with Crippen molar-refractivity contribution >= 4 is 21.6 Å². The summed E-state index contributed by atoms with van der Waals surface area (Å²) in [7, 11) is -3.55. The maximum atomic E-state index is 13.1. The summed E-state index contributed by atoms with van der Waals surface area (Å²) < 4.78 is 27.9. The number of aryl methyl sites for hydroxylation is 1. The molecule has 0 aromatic heterocycles. The molecule has 178 valence electrons. The lowest BCUT2D eigenvalue weighted by molar-refractivity contribution is -0.117. The highest BCUT2D eigenvalue weighted by atomic mass is 32.2. The van der Waals surface area contributed by atoms with E-state index in [4.69, 9.17) is 0 Å². The van der Waals surface area contributed by atoms with Gasteiger partial charge in [0.25, 0.3) is 0 Å². The van der Waals surface area contributed by atoms with Crippen molar-refractivity contribution in [3.05, 3.63) is 53.6 Å². The zero-order chi connectivity index (χ0) is 23.6. The van der Waals surface area contributed by atoms with E-state index in [1.54, 1.807) is 34.6 Å². The quantitative estimate of drug-likeness (QED) is 0.514. The van der Waals surface area contributed by atoms with Gasteiger partial charge in [0.05, 0.1) is 10.9 Å². The molecule has 0 radical (unpaired) electrons. The average Bonchev–Trinajstić information content (AvgIpc) is 3.29. The number of hydrogen-bond acceptors (Lipinski definition) is 6. The van der Waals surface area contributed by atoms with Crippen molar-refractivity contribution in [2.24, 2.45) is 0 Å². The fourth-order valence-electron chi connectivity index (χ4n) is 4.65. The first kappa shape index (κ1) is 23.7. The van der Waals surface area contributed by atoms with Crippen LogP contribution >= 0.6 is 0 Å². The normalized spacial score (nSPS) is 24.0. The Hall–Kier alpha value is -2.46. The number of nitrogens with zero attached hydrogens (tertiary/aromatic N) is 1. The van der Waals surface area contributed by atoms with Crippen molar-refractivity contribution in [1.82, 2.24) is 15.2 Å². The lowest BCUT2D eigenvalue weighted by Crippen LogP contribution is -2.43. The van der Waals surface area contributed by atoms with E-state index in [-0.39, 0.29) is 28.6 Å². The summed E-state index contributed by atoms with van der Waals surface area (Å²) in [6.07, 6.45) is 4.12. The molecule has 2 heterocycles. The number of carbonyl (C=O) groups excluding carboxylic acids is 1. The number of aromatic hydroxyl groups is 1. The summed E-state index contributed by atoms with van der Waals surface area (Å²) >= 11 is 0. The lowest BCUT2D eigenvalue weighted by atomic mass is 9.99. The van der Waals surface area contributed by atoms with Gasteiger partial charge in [0.1, 0.15) is 11.8 Å². The third kappa shape index (κ3) is 5.06. The standard InChI is InChI=1S/C24H32N4O4S/c1-3-18-6-4-5-13-28(18)33(31,32)19-10-8-17(9-11-19)25-24(30)22-15-21(26-27-22)20-12-7-16(2)14-23(20)29/h7-12,14,18,21-22,26-27,29H,3-6,13,15H2,1-2H3,(H,25,30). The second-order valence-electron chi connectivity index (χ2n) is 8.88. The number of anilines is 1. The second-order valence-corrected chi connectivity index (χ2v) is 10.8. The summed E-state index contributed by atoms with van der Waals surface area (Å²) in [6.45, 7) is 4.48. The van der Waals surface area contributed by atoms with Crippen LogP contribution in [0.25, 0.3) is 0 Å². The zero-order valence-corrected chi connectivity index (χ0v) is 19.9. The van der Waals surface area contributed by atoms with Gasteiger partial charge in [-0.15, -0.1) is 0 Å². The molecule has 2 aromatic carbocycles. The molecule has 0 spiro atoms. The maximum absolute atomic E-state index is 13.1. The van der Waals surface area contributed by atoms with E-state index >= 15 is 0 Å². The van der Waals surface area contributed by atoms with Gasteiger partial charge in [-0.3, -0.25) is 4.79 Å². The molecule has 2 saturated heterocycles. The second kappa shape index (κ2) is 9.80. The Kier molecular flexibility index (Phi) is 7.04. The summed E-state index contributed by atoms with van der Waals surface area (Å²) in [5.41, 5.74) is 8.29. The van der Waals surface area contributed by atoms with Gasteiger partial charge >= 0.3 is 0 Å². The van der Waals surface area contributed by atoms with Gasteiger partial charge in [-0.1, -0.05) is 25.5 Å². The van der Waals surface area contributed by atoms with Crippen molar-refractivity contribution in [2.45, 2.75) is 69.0 Å². The summed E-state index contributed by atoms with van der Waals surface area (Å²) in [5, 5.41) is 13.1. The number of phenols is 1.